The summed E-state index contributed by atoms with van der Waals surface area (Å²) < 4.78 is 11.1. The summed E-state index contributed by atoms with van der Waals surface area (Å²) >= 11 is 5.96. The fraction of sp³-hybridized carbons (Fsp3) is 0.600. The van der Waals surface area contributed by atoms with E-state index in [1.54, 1.807) is 12.1 Å². The van der Waals surface area contributed by atoms with Crippen molar-refractivity contribution < 1.29 is 19.1 Å². The van der Waals surface area contributed by atoms with Gasteiger partial charge >= 0.3 is 5.97 Å². The number of carbonyl (C=O) groups excluding carboxylic acids is 2. The molecule has 2 aliphatic heterocycles. The number of nitrogens with zero attached hydrogens (tertiary/aromatic N) is 1. The van der Waals surface area contributed by atoms with Crippen LogP contribution in [0.4, 0.5) is 0 Å². The Balaban J connectivity index is 1.71. The van der Waals surface area contributed by atoms with Crippen LogP contribution in [-0.4, -0.2) is 42.1 Å². The number of hydrogen-bond donors (Lipinski definition) is 0. The van der Waals surface area contributed by atoms with Gasteiger partial charge in [0.25, 0.3) is 5.91 Å². The van der Waals surface area contributed by atoms with Gasteiger partial charge in [-0.25, -0.2) is 0 Å². The predicted molar refractivity (Wildman–Crippen MR) is 99.3 cm³/mol. The van der Waals surface area contributed by atoms with Crippen LogP contribution in [0.2, 0.25) is 5.02 Å². The minimum absolute atomic E-state index is 0.0297. The molecule has 0 unspecified atom stereocenters. The third kappa shape index (κ3) is 3.18. The van der Waals surface area contributed by atoms with Gasteiger partial charge in [-0.15, -0.1) is 0 Å². The van der Waals surface area contributed by atoms with Crippen LogP contribution in [0.25, 0.3) is 0 Å². The third-order valence-corrected chi connectivity index (χ3v) is 6.06. The average molecular weight is 380 g/mol. The molecule has 26 heavy (non-hydrogen) atoms. The van der Waals surface area contributed by atoms with E-state index < -0.39 is 5.41 Å². The predicted octanol–water partition coefficient (Wildman–Crippen LogP) is 3.75. The van der Waals surface area contributed by atoms with Gasteiger partial charge in [0.1, 0.15) is 5.75 Å². The molecule has 0 saturated carbocycles. The van der Waals surface area contributed by atoms with Gasteiger partial charge in [-0.3, -0.25) is 9.59 Å². The molecule has 0 aromatic heterocycles. The Morgan fingerprint density at radius 2 is 2.08 bits per heavy atom. The van der Waals surface area contributed by atoms with E-state index in [4.69, 9.17) is 21.1 Å². The summed E-state index contributed by atoms with van der Waals surface area (Å²) in [5.74, 6) is 0.426. The highest BCUT2D eigenvalue weighted by atomic mass is 35.5. The molecule has 2 heterocycles. The van der Waals surface area contributed by atoms with Crippen molar-refractivity contribution >= 4 is 23.5 Å². The number of carbonyl (C=O) groups is 2. The highest BCUT2D eigenvalue weighted by Crippen LogP contribution is 2.52. The zero-order chi connectivity index (χ0) is 18.9. The largest absolute Gasteiger partial charge is 0.483 e. The molecule has 1 amide bonds. The number of fused-ring (bicyclic) bond motifs is 2. The molecule has 142 valence electrons. The van der Waals surface area contributed by atoms with E-state index in [-0.39, 0.29) is 30.6 Å². The smallest absolute Gasteiger partial charge is 0.314 e. The number of esters is 1. The van der Waals surface area contributed by atoms with E-state index in [1.807, 2.05) is 31.7 Å². The summed E-state index contributed by atoms with van der Waals surface area (Å²) in [4.78, 5) is 27.4. The normalized spacial score (nSPS) is 26.8. The molecule has 0 spiro atoms. The molecular formula is C20H26ClNO4. The number of rotatable bonds is 6. The molecule has 3 rings (SSSR count). The molecule has 2 fully saturated rings. The fourth-order valence-corrected chi connectivity index (χ4v) is 4.79. The van der Waals surface area contributed by atoms with Crippen LogP contribution in [0, 0.1) is 12.3 Å². The first-order chi connectivity index (χ1) is 12.4. The van der Waals surface area contributed by atoms with Gasteiger partial charge in [-0.2, -0.15) is 0 Å². The van der Waals surface area contributed by atoms with Gasteiger partial charge in [0.05, 0.1) is 12.0 Å². The topological polar surface area (TPSA) is 55.8 Å². The van der Waals surface area contributed by atoms with Crippen LogP contribution >= 0.6 is 11.6 Å². The number of benzene rings is 1. The molecule has 0 aliphatic carbocycles. The average Bonchev–Trinajstić information content (AvgIpc) is 3.17. The Bertz CT molecular complexity index is 707. The summed E-state index contributed by atoms with van der Waals surface area (Å²) in [6.45, 7) is 6.06. The lowest BCUT2D eigenvalue weighted by molar-refractivity contribution is -0.158. The summed E-state index contributed by atoms with van der Waals surface area (Å²) in [5, 5.41) is 0.640. The maximum absolute atomic E-state index is 12.9. The lowest BCUT2D eigenvalue weighted by atomic mass is 9.72. The van der Waals surface area contributed by atoms with Crippen molar-refractivity contribution in [1.82, 2.24) is 4.90 Å². The lowest BCUT2D eigenvalue weighted by Gasteiger charge is -2.34. The second-order valence-corrected chi connectivity index (χ2v) is 7.62. The van der Waals surface area contributed by atoms with Gasteiger partial charge in [0, 0.05) is 17.1 Å². The minimum atomic E-state index is -0.565. The number of hydrogen-bond acceptors (Lipinski definition) is 4. The van der Waals surface area contributed by atoms with Crippen molar-refractivity contribution in [1.29, 1.82) is 0 Å². The summed E-state index contributed by atoms with van der Waals surface area (Å²) in [6, 6.07) is 5.35. The Kier molecular flexibility index (Phi) is 5.47. The molecule has 5 nitrogen and oxygen atoms in total. The van der Waals surface area contributed by atoms with E-state index in [9.17, 15) is 9.59 Å². The maximum atomic E-state index is 12.9. The van der Waals surface area contributed by atoms with Crippen molar-refractivity contribution in [2.24, 2.45) is 5.41 Å². The van der Waals surface area contributed by atoms with Gasteiger partial charge in [0.15, 0.2) is 6.61 Å². The quantitative estimate of drug-likeness (QED) is 0.706. The van der Waals surface area contributed by atoms with Crippen LogP contribution in [-0.2, 0) is 14.3 Å². The van der Waals surface area contributed by atoms with Gasteiger partial charge < -0.3 is 14.4 Å². The second-order valence-electron chi connectivity index (χ2n) is 7.18. The van der Waals surface area contributed by atoms with E-state index >= 15 is 0 Å². The molecule has 2 aliphatic rings. The van der Waals surface area contributed by atoms with Crippen molar-refractivity contribution in [3.8, 4) is 5.75 Å². The summed E-state index contributed by atoms with van der Waals surface area (Å²) in [6.07, 6.45) is 3.17. The number of halogens is 1. The third-order valence-electron chi connectivity index (χ3n) is 5.83. The van der Waals surface area contributed by atoms with Gasteiger partial charge in [-0.1, -0.05) is 18.5 Å². The Hall–Kier alpha value is -1.75. The molecule has 1 aromatic rings. The first-order valence-corrected chi connectivity index (χ1v) is 9.68. The molecule has 2 saturated heterocycles. The van der Waals surface area contributed by atoms with Crippen LogP contribution in [0.1, 0.15) is 45.1 Å². The molecule has 6 heteroatoms. The summed E-state index contributed by atoms with van der Waals surface area (Å²) in [5.41, 5.74) is 0.328. The molecule has 0 N–H and O–H groups in total. The van der Waals surface area contributed by atoms with Gasteiger partial charge in [0.2, 0.25) is 0 Å². The zero-order valence-corrected chi connectivity index (χ0v) is 16.3. The molecular weight excluding hydrogens is 354 g/mol. The van der Waals surface area contributed by atoms with Crippen molar-refractivity contribution in [3.63, 3.8) is 0 Å². The van der Waals surface area contributed by atoms with Gasteiger partial charge in [-0.05, 0) is 63.3 Å². The Morgan fingerprint density at radius 1 is 1.31 bits per heavy atom. The standard InChI is InChI=1S/C20H26ClNO4/c1-4-20(19(24)25-5-2)11-15-7-9-17(20)22(15)18(23)12-26-16-8-6-14(21)10-13(16)3/h6,8,10,15,17H,4-5,7,9,11-12H2,1-3H3/t15-,17+,20+/m1/s1. The second kappa shape index (κ2) is 7.47. The minimum Gasteiger partial charge on any atom is -0.483 e. The molecule has 3 atom stereocenters. The monoisotopic (exact) mass is 379 g/mol. The van der Waals surface area contributed by atoms with Crippen LogP contribution in [0.15, 0.2) is 18.2 Å². The van der Waals surface area contributed by atoms with E-state index in [2.05, 4.69) is 0 Å². The fourth-order valence-electron chi connectivity index (χ4n) is 4.57. The first kappa shape index (κ1) is 19.0. The van der Waals surface area contributed by atoms with Crippen LogP contribution in [0.3, 0.4) is 0 Å². The van der Waals surface area contributed by atoms with Crippen LogP contribution in [0.5, 0.6) is 5.75 Å². The summed E-state index contributed by atoms with van der Waals surface area (Å²) in [7, 11) is 0. The SMILES string of the molecule is CCOC(=O)[C@@]1(CC)C[C@H]2CC[C@@H]1N2C(=O)COc1ccc(Cl)cc1C. The van der Waals surface area contributed by atoms with E-state index in [1.165, 1.54) is 0 Å². The number of aryl methyl sites for hydroxylation is 1. The van der Waals surface area contributed by atoms with Crippen LogP contribution < -0.4 is 4.74 Å². The van der Waals surface area contributed by atoms with Crippen molar-refractivity contribution in [3.05, 3.63) is 28.8 Å². The highest BCUT2D eigenvalue weighted by Gasteiger charge is 2.61. The van der Waals surface area contributed by atoms with Crippen molar-refractivity contribution in [2.75, 3.05) is 13.2 Å². The molecule has 1 aromatic carbocycles. The highest BCUT2D eigenvalue weighted by molar-refractivity contribution is 6.30. The Morgan fingerprint density at radius 3 is 2.73 bits per heavy atom. The molecule has 2 bridgehead atoms. The lowest BCUT2D eigenvalue weighted by Crippen LogP contribution is -2.46. The van der Waals surface area contributed by atoms with Crippen molar-refractivity contribution in [2.45, 2.75) is 58.5 Å². The first-order valence-electron chi connectivity index (χ1n) is 9.30. The van der Waals surface area contributed by atoms with E-state index in [0.717, 1.165) is 18.4 Å². The van der Waals surface area contributed by atoms with E-state index in [0.29, 0.717) is 30.2 Å². The Labute approximate surface area is 159 Å². The number of ether oxygens (including phenoxy) is 2. The molecule has 0 radical (unpaired) electrons. The maximum Gasteiger partial charge on any atom is 0.314 e. The zero-order valence-electron chi connectivity index (χ0n) is 15.6. The number of amides is 1.